The predicted octanol–water partition coefficient (Wildman–Crippen LogP) is 4.49. The summed E-state index contributed by atoms with van der Waals surface area (Å²) in [6, 6.07) is 12.4. The minimum Gasteiger partial charge on any atom is -0.485 e. The summed E-state index contributed by atoms with van der Waals surface area (Å²) in [6.45, 7) is 6.06. The van der Waals surface area contributed by atoms with Crippen LogP contribution in [0.2, 0.25) is 0 Å². The molecule has 1 aliphatic carbocycles. The van der Waals surface area contributed by atoms with E-state index in [1.807, 2.05) is 32.0 Å². The number of ketones is 1. The van der Waals surface area contributed by atoms with E-state index in [1.54, 1.807) is 24.3 Å². The molecular formula is C25H27NO4. The van der Waals surface area contributed by atoms with Crippen LogP contribution in [0.25, 0.3) is 0 Å². The highest BCUT2D eigenvalue weighted by atomic mass is 16.5. The van der Waals surface area contributed by atoms with Crippen molar-refractivity contribution in [3.05, 3.63) is 59.2 Å². The van der Waals surface area contributed by atoms with Crippen LogP contribution in [0, 0.1) is 31.6 Å². The number of aryl methyl sites for hydroxylation is 2. The quantitative estimate of drug-likeness (QED) is 0.543. The van der Waals surface area contributed by atoms with Crippen LogP contribution in [-0.4, -0.2) is 24.2 Å². The number of fused-ring (bicyclic) bond motifs is 1. The zero-order chi connectivity index (χ0) is 21.4. The van der Waals surface area contributed by atoms with Crippen molar-refractivity contribution in [3.8, 4) is 5.75 Å². The van der Waals surface area contributed by atoms with E-state index < -0.39 is 0 Å². The molecule has 0 bridgehead atoms. The van der Waals surface area contributed by atoms with E-state index in [0.717, 1.165) is 30.4 Å². The number of imide groups is 1. The summed E-state index contributed by atoms with van der Waals surface area (Å²) in [6.07, 6.45) is 2.57. The summed E-state index contributed by atoms with van der Waals surface area (Å²) in [5, 5.41) is 0. The Morgan fingerprint density at radius 1 is 0.967 bits per heavy atom. The van der Waals surface area contributed by atoms with Gasteiger partial charge in [-0.25, -0.2) is 0 Å². The molecule has 0 unspecified atom stereocenters. The number of Topliss-reactive ketones (excluding diaryl/α,β-unsaturated/α-hetero) is 1. The minimum absolute atomic E-state index is 0.0640. The van der Waals surface area contributed by atoms with Gasteiger partial charge in [-0.2, -0.15) is 0 Å². The Bertz CT molecular complexity index is 995. The van der Waals surface area contributed by atoms with Crippen LogP contribution >= 0.6 is 0 Å². The van der Waals surface area contributed by atoms with E-state index in [4.69, 9.17) is 4.74 Å². The lowest BCUT2D eigenvalue weighted by Gasteiger charge is -2.25. The van der Waals surface area contributed by atoms with Crippen molar-refractivity contribution in [2.75, 3.05) is 11.5 Å². The second kappa shape index (κ2) is 8.05. The van der Waals surface area contributed by atoms with E-state index in [0.29, 0.717) is 22.9 Å². The van der Waals surface area contributed by atoms with Crippen LogP contribution < -0.4 is 9.64 Å². The predicted molar refractivity (Wildman–Crippen MR) is 115 cm³/mol. The largest absolute Gasteiger partial charge is 0.485 e. The summed E-state index contributed by atoms with van der Waals surface area (Å²) in [7, 11) is 0. The van der Waals surface area contributed by atoms with Crippen molar-refractivity contribution in [1.82, 2.24) is 0 Å². The molecule has 2 aliphatic rings. The highest BCUT2D eigenvalue weighted by molar-refractivity contribution is 6.22. The third-order valence-corrected chi connectivity index (χ3v) is 6.48. The molecule has 156 valence electrons. The zero-order valence-electron chi connectivity index (χ0n) is 17.7. The molecule has 0 spiro atoms. The molecule has 5 nitrogen and oxygen atoms in total. The molecule has 2 amide bonds. The van der Waals surface area contributed by atoms with Gasteiger partial charge in [0.15, 0.2) is 12.4 Å². The SMILES string of the molecule is Cc1ccc(C(=O)COc2ccc(N3C(=O)[C@H]4CC[C@H](C)C[C@@H]4C3=O)cc2)cc1C. The number of hydrogen-bond acceptors (Lipinski definition) is 4. The average molecular weight is 405 g/mol. The number of rotatable bonds is 5. The summed E-state index contributed by atoms with van der Waals surface area (Å²) >= 11 is 0. The molecule has 2 aromatic rings. The Morgan fingerprint density at radius 2 is 1.67 bits per heavy atom. The van der Waals surface area contributed by atoms with Gasteiger partial charge in [-0.1, -0.05) is 19.1 Å². The fraction of sp³-hybridized carbons (Fsp3) is 0.400. The van der Waals surface area contributed by atoms with E-state index in [-0.39, 0.29) is 36.0 Å². The third-order valence-electron chi connectivity index (χ3n) is 6.48. The van der Waals surface area contributed by atoms with Gasteiger partial charge in [0, 0.05) is 5.56 Å². The van der Waals surface area contributed by atoms with Crippen LogP contribution in [-0.2, 0) is 9.59 Å². The molecular weight excluding hydrogens is 378 g/mol. The monoisotopic (exact) mass is 405 g/mol. The Kier molecular flexibility index (Phi) is 5.46. The number of anilines is 1. The van der Waals surface area contributed by atoms with Gasteiger partial charge in [-0.3, -0.25) is 19.3 Å². The number of benzene rings is 2. The topological polar surface area (TPSA) is 63.7 Å². The van der Waals surface area contributed by atoms with Gasteiger partial charge in [-0.15, -0.1) is 0 Å². The Labute approximate surface area is 177 Å². The standard InChI is InChI=1S/C25H27NO4/c1-15-4-11-21-22(12-15)25(29)26(24(21)28)19-7-9-20(10-8-19)30-14-23(27)18-6-5-16(2)17(3)13-18/h5-10,13,15,21-22H,4,11-12,14H2,1-3H3/t15-,21-,22-/m0/s1. The Balaban J connectivity index is 1.42. The number of carbonyl (C=O) groups excluding carboxylic acids is 3. The van der Waals surface area contributed by atoms with E-state index in [1.165, 1.54) is 4.90 Å². The second-order valence-electron chi connectivity index (χ2n) is 8.65. The normalized spacial score (nSPS) is 23.4. The fourth-order valence-corrected chi connectivity index (χ4v) is 4.48. The van der Waals surface area contributed by atoms with Gasteiger partial charge in [0.05, 0.1) is 17.5 Å². The van der Waals surface area contributed by atoms with Crippen molar-refractivity contribution < 1.29 is 19.1 Å². The van der Waals surface area contributed by atoms with Gasteiger partial charge in [0.25, 0.3) is 0 Å². The molecule has 1 aliphatic heterocycles. The molecule has 30 heavy (non-hydrogen) atoms. The fourth-order valence-electron chi connectivity index (χ4n) is 4.48. The summed E-state index contributed by atoms with van der Waals surface area (Å²) in [5.41, 5.74) is 3.41. The molecule has 4 rings (SSSR count). The van der Waals surface area contributed by atoms with Crippen LogP contribution in [0.3, 0.4) is 0 Å². The van der Waals surface area contributed by atoms with Crippen LogP contribution in [0.1, 0.15) is 47.7 Å². The van der Waals surface area contributed by atoms with E-state index >= 15 is 0 Å². The molecule has 5 heteroatoms. The van der Waals surface area contributed by atoms with Gasteiger partial charge in [0.1, 0.15) is 5.75 Å². The number of nitrogens with zero attached hydrogens (tertiary/aromatic N) is 1. The molecule has 2 aromatic carbocycles. The third kappa shape index (κ3) is 3.76. The number of ether oxygens (including phenoxy) is 1. The molecule has 0 aromatic heterocycles. The Hall–Kier alpha value is -2.95. The van der Waals surface area contributed by atoms with Crippen molar-refractivity contribution >= 4 is 23.3 Å². The van der Waals surface area contributed by atoms with Crippen LogP contribution in [0.15, 0.2) is 42.5 Å². The highest BCUT2D eigenvalue weighted by Crippen LogP contribution is 2.42. The summed E-state index contributed by atoms with van der Waals surface area (Å²) < 4.78 is 5.63. The van der Waals surface area contributed by atoms with Crippen molar-refractivity contribution in [2.45, 2.75) is 40.0 Å². The first-order valence-corrected chi connectivity index (χ1v) is 10.6. The van der Waals surface area contributed by atoms with E-state index in [9.17, 15) is 14.4 Å². The summed E-state index contributed by atoms with van der Waals surface area (Å²) in [5.74, 6) is 0.374. The average Bonchev–Trinajstić information content (AvgIpc) is 2.98. The first kappa shape index (κ1) is 20.3. The van der Waals surface area contributed by atoms with Crippen molar-refractivity contribution in [1.29, 1.82) is 0 Å². The molecule has 3 atom stereocenters. The number of hydrogen-bond donors (Lipinski definition) is 0. The lowest BCUT2D eigenvalue weighted by Crippen LogP contribution is -2.30. The maximum absolute atomic E-state index is 12.8. The van der Waals surface area contributed by atoms with Crippen molar-refractivity contribution in [3.63, 3.8) is 0 Å². The van der Waals surface area contributed by atoms with Crippen molar-refractivity contribution in [2.24, 2.45) is 17.8 Å². The molecule has 0 N–H and O–H groups in total. The molecule has 0 radical (unpaired) electrons. The number of amides is 2. The van der Waals surface area contributed by atoms with Gasteiger partial charge < -0.3 is 4.74 Å². The van der Waals surface area contributed by atoms with Crippen LogP contribution in [0.5, 0.6) is 5.75 Å². The smallest absolute Gasteiger partial charge is 0.237 e. The lowest BCUT2D eigenvalue weighted by atomic mass is 9.76. The van der Waals surface area contributed by atoms with Gasteiger partial charge >= 0.3 is 0 Å². The Morgan fingerprint density at radius 3 is 2.37 bits per heavy atom. The molecule has 1 heterocycles. The molecule has 2 fully saturated rings. The first-order chi connectivity index (χ1) is 14.3. The first-order valence-electron chi connectivity index (χ1n) is 10.6. The molecule has 1 saturated heterocycles. The van der Waals surface area contributed by atoms with Crippen LogP contribution in [0.4, 0.5) is 5.69 Å². The number of carbonyl (C=O) groups is 3. The van der Waals surface area contributed by atoms with Gasteiger partial charge in [0.2, 0.25) is 11.8 Å². The van der Waals surface area contributed by atoms with Gasteiger partial charge in [-0.05, 0) is 80.5 Å². The second-order valence-corrected chi connectivity index (χ2v) is 8.65. The zero-order valence-corrected chi connectivity index (χ0v) is 17.7. The summed E-state index contributed by atoms with van der Waals surface area (Å²) in [4.78, 5) is 39.4. The maximum atomic E-state index is 12.8. The lowest BCUT2D eigenvalue weighted by molar-refractivity contribution is -0.122. The molecule has 1 saturated carbocycles. The maximum Gasteiger partial charge on any atom is 0.237 e. The van der Waals surface area contributed by atoms with E-state index in [2.05, 4.69) is 6.92 Å². The minimum atomic E-state index is -0.187. The highest BCUT2D eigenvalue weighted by Gasteiger charge is 2.49.